The van der Waals surface area contributed by atoms with E-state index in [-0.39, 0.29) is 41.2 Å². The molecule has 0 spiro atoms. The second kappa shape index (κ2) is 11.9. The van der Waals surface area contributed by atoms with Gasteiger partial charge in [0.15, 0.2) is 17.3 Å². The molecule has 0 aromatic carbocycles. The quantitative estimate of drug-likeness (QED) is 0.517. The van der Waals surface area contributed by atoms with Gasteiger partial charge in [0.2, 0.25) is 0 Å². The van der Waals surface area contributed by atoms with Gasteiger partial charge >= 0.3 is 5.97 Å². The molecule has 2 unspecified atom stereocenters. The first-order chi connectivity index (χ1) is 18.4. The molecule has 1 saturated heterocycles. The van der Waals surface area contributed by atoms with Crippen LogP contribution in [0, 0.1) is 11.7 Å². The number of nitrogen functional groups attached to an aromatic ring is 1. The number of hydrogen-bond acceptors (Lipinski definition) is 7. The monoisotopic (exact) mass is 530 g/mol. The van der Waals surface area contributed by atoms with Crippen LogP contribution in [0.2, 0.25) is 0 Å². The number of carboxylic acids is 1. The zero-order chi connectivity index (χ0) is 26.6. The van der Waals surface area contributed by atoms with Crippen LogP contribution in [0.1, 0.15) is 87.4 Å². The van der Waals surface area contributed by atoms with Crippen molar-refractivity contribution in [2.45, 2.75) is 101 Å². The second-order valence-corrected chi connectivity index (χ2v) is 11.1. The van der Waals surface area contributed by atoms with Gasteiger partial charge in [-0.25, -0.2) is 13.9 Å². The molecule has 5 rings (SSSR count). The SMILES string of the molecule is Nc1nn2cc(F)cnc2c1C(=O)NC1CN(C2CCCCCCC2)CCC1OC1CCC(C(=O)O)CC1. The van der Waals surface area contributed by atoms with Crippen LogP contribution < -0.4 is 11.1 Å². The number of amides is 1. The van der Waals surface area contributed by atoms with Crippen LogP contribution in [0.25, 0.3) is 5.65 Å². The Labute approximate surface area is 222 Å². The Balaban J connectivity index is 1.32. The maximum Gasteiger partial charge on any atom is 0.306 e. The van der Waals surface area contributed by atoms with Crippen LogP contribution in [-0.2, 0) is 9.53 Å². The fraction of sp³-hybridized carbons (Fsp3) is 0.704. The van der Waals surface area contributed by atoms with Crippen molar-refractivity contribution in [2.75, 3.05) is 18.8 Å². The third-order valence-corrected chi connectivity index (χ3v) is 8.57. The standard InChI is InChI=1S/C27H39FN6O4/c28-18-14-30-25-23(24(29)32-34(25)15-18)26(35)31-21-16-33(19-6-4-2-1-3-5-7-19)13-12-22(21)38-20-10-8-17(9-11-20)27(36)37/h14-15,17,19-22H,1-13,16H2,(H2,29,32)(H,31,35)(H,36,37). The summed E-state index contributed by atoms with van der Waals surface area (Å²) in [6.45, 7) is 1.58. The summed E-state index contributed by atoms with van der Waals surface area (Å²) < 4.78 is 21.4. The maximum atomic E-state index is 13.6. The Morgan fingerprint density at radius 3 is 2.47 bits per heavy atom. The molecule has 2 aromatic heterocycles. The van der Waals surface area contributed by atoms with Crippen LogP contribution >= 0.6 is 0 Å². The van der Waals surface area contributed by atoms with Gasteiger partial charge in [-0.3, -0.25) is 14.5 Å². The predicted molar refractivity (Wildman–Crippen MR) is 139 cm³/mol. The molecule has 0 bridgehead atoms. The topological polar surface area (TPSA) is 135 Å². The van der Waals surface area contributed by atoms with E-state index in [1.54, 1.807) is 0 Å². The number of hydrogen-bond donors (Lipinski definition) is 3. The van der Waals surface area contributed by atoms with Crippen molar-refractivity contribution in [1.29, 1.82) is 0 Å². The fourth-order valence-electron chi connectivity index (χ4n) is 6.47. The average Bonchev–Trinajstić information content (AvgIpc) is 3.20. The molecule has 11 heteroatoms. The van der Waals surface area contributed by atoms with Gasteiger partial charge in [-0.1, -0.05) is 32.1 Å². The molecule has 1 amide bonds. The number of aliphatic carboxylic acids is 1. The minimum Gasteiger partial charge on any atom is -0.481 e. The summed E-state index contributed by atoms with van der Waals surface area (Å²) in [5, 5.41) is 16.6. The van der Waals surface area contributed by atoms with Gasteiger partial charge in [-0.2, -0.15) is 0 Å². The molecule has 0 radical (unpaired) electrons. The molecule has 208 valence electrons. The summed E-state index contributed by atoms with van der Waals surface area (Å²) in [5.41, 5.74) is 6.40. The van der Waals surface area contributed by atoms with Gasteiger partial charge in [0.1, 0.15) is 5.56 Å². The van der Waals surface area contributed by atoms with Gasteiger partial charge in [0, 0.05) is 19.1 Å². The first kappa shape index (κ1) is 26.8. The smallest absolute Gasteiger partial charge is 0.306 e. The number of fused-ring (bicyclic) bond motifs is 1. The van der Waals surface area contributed by atoms with E-state index in [0.717, 1.165) is 25.4 Å². The number of rotatable bonds is 6. The lowest BCUT2D eigenvalue weighted by atomic mass is 9.87. The largest absolute Gasteiger partial charge is 0.481 e. The average molecular weight is 531 g/mol. The molecule has 38 heavy (non-hydrogen) atoms. The van der Waals surface area contributed by atoms with E-state index in [4.69, 9.17) is 10.5 Å². The van der Waals surface area contributed by atoms with Gasteiger partial charge in [0.25, 0.3) is 5.91 Å². The first-order valence-corrected chi connectivity index (χ1v) is 14.1. The Bertz CT molecular complexity index is 1130. The number of aromatic nitrogens is 3. The van der Waals surface area contributed by atoms with Crippen molar-refractivity contribution >= 4 is 23.3 Å². The lowest BCUT2D eigenvalue weighted by Gasteiger charge is -2.44. The Morgan fingerprint density at radius 2 is 1.76 bits per heavy atom. The number of nitrogens with one attached hydrogen (secondary N) is 1. The van der Waals surface area contributed by atoms with E-state index < -0.39 is 17.7 Å². The van der Waals surface area contributed by atoms with E-state index in [2.05, 4.69) is 20.3 Å². The van der Waals surface area contributed by atoms with Crippen LogP contribution in [0.5, 0.6) is 0 Å². The number of anilines is 1. The molecule has 4 N–H and O–H groups in total. The lowest BCUT2D eigenvalue weighted by molar-refractivity contribution is -0.144. The molecular formula is C27H39FN6O4. The van der Waals surface area contributed by atoms with E-state index in [0.29, 0.717) is 38.3 Å². The zero-order valence-corrected chi connectivity index (χ0v) is 21.9. The fourth-order valence-corrected chi connectivity index (χ4v) is 6.47. The van der Waals surface area contributed by atoms with Crippen LogP contribution in [0.4, 0.5) is 10.2 Å². The number of likely N-dealkylation sites (tertiary alicyclic amines) is 1. The highest BCUT2D eigenvalue weighted by atomic mass is 19.1. The number of piperidine rings is 1. The van der Waals surface area contributed by atoms with E-state index >= 15 is 0 Å². The van der Waals surface area contributed by atoms with Gasteiger partial charge in [-0.15, -0.1) is 5.10 Å². The summed E-state index contributed by atoms with van der Waals surface area (Å²) >= 11 is 0. The summed E-state index contributed by atoms with van der Waals surface area (Å²) in [6, 6.07) is 0.224. The number of halogens is 1. The summed E-state index contributed by atoms with van der Waals surface area (Å²) in [7, 11) is 0. The highest BCUT2D eigenvalue weighted by molar-refractivity contribution is 6.04. The molecule has 10 nitrogen and oxygen atoms in total. The van der Waals surface area contributed by atoms with Crippen LogP contribution in [0.15, 0.2) is 12.4 Å². The number of carbonyl (C=O) groups excluding carboxylic acids is 1. The van der Waals surface area contributed by atoms with Gasteiger partial charge in [0.05, 0.1) is 36.6 Å². The van der Waals surface area contributed by atoms with Crippen molar-refractivity contribution in [1.82, 2.24) is 24.8 Å². The Kier molecular flexibility index (Phi) is 8.42. The van der Waals surface area contributed by atoms with Gasteiger partial charge in [-0.05, 0) is 44.9 Å². The Morgan fingerprint density at radius 1 is 1.05 bits per heavy atom. The van der Waals surface area contributed by atoms with Crippen molar-refractivity contribution in [2.24, 2.45) is 5.92 Å². The van der Waals surface area contributed by atoms with Crippen LogP contribution in [0.3, 0.4) is 0 Å². The second-order valence-electron chi connectivity index (χ2n) is 11.1. The summed E-state index contributed by atoms with van der Waals surface area (Å²) in [6.07, 6.45) is 14.0. The molecular weight excluding hydrogens is 491 g/mol. The third-order valence-electron chi connectivity index (χ3n) is 8.57. The summed E-state index contributed by atoms with van der Waals surface area (Å²) in [4.78, 5) is 31.4. The minimum atomic E-state index is -0.736. The van der Waals surface area contributed by atoms with Gasteiger partial charge < -0.3 is 20.9 Å². The number of carbonyl (C=O) groups is 2. The number of carboxylic acid groups (broad SMARTS) is 1. The number of ether oxygens (including phenoxy) is 1. The highest BCUT2D eigenvalue weighted by Gasteiger charge is 2.37. The highest BCUT2D eigenvalue weighted by Crippen LogP contribution is 2.31. The number of nitrogens with zero attached hydrogens (tertiary/aromatic N) is 4. The van der Waals surface area contributed by atoms with E-state index in [1.807, 2.05) is 0 Å². The van der Waals surface area contributed by atoms with Crippen LogP contribution in [-0.4, -0.2) is 73.9 Å². The molecule has 2 atom stereocenters. The molecule has 1 aliphatic heterocycles. The number of nitrogens with two attached hydrogens (primary N) is 1. The molecule has 2 saturated carbocycles. The maximum absolute atomic E-state index is 13.6. The molecule has 3 fully saturated rings. The molecule has 3 aliphatic rings. The Hall–Kier alpha value is -2.79. The van der Waals surface area contributed by atoms with Crippen molar-refractivity contribution in [3.8, 4) is 0 Å². The van der Waals surface area contributed by atoms with E-state index in [9.17, 15) is 19.1 Å². The zero-order valence-electron chi connectivity index (χ0n) is 21.9. The van der Waals surface area contributed by atoms with Crippen molar-refractivity contribution < 1.29 is 23.8 Å². The first-order valence-electron chi connectivity index (χ1n) is 14.1. The summed E-state index contributed by atoms with van der Waals surface area (Å²) in [5.74, 6) is -2.01. The van der Waals surface area contributed by atoms with Crippen molar-refractivity contribution in [3.63, 3.8) is 0 Å². The predicted octanol–water partition coefficient (Wildman–Crippen LogP) is 3.40. The minimum absolute atomic E-state index is 0.00209. The molecule has 3 heterocycles. The molecule has 2 aromatic rings. The lowest BCUT2D eigenvalue weighted by Crippen LogP contribution is -2.58. The normalized spacial score (nSPS) is 28.0. The van der Waals surface area contributed by atoms with E-state index in [1.165, 1.54) is 49.5 Å². The van der Waals surface area contributed by atoms with Crippen molar-refractivity contribution in [3.05, 3.63) is 23.8 Å². The third kappa shape index (κ3) is 6.09. The molecule has 2 aliphatic carbocycles.